The van der Waals surface area contributed by atoms with Gasteiger partial charge in [-0.05, 0) is 31.4 Å². The number of hydrogen-bond donors (Lipinski definition) is 2. The van der Waals surface area contributed by atoms with Crippen LogP contribution in [0.5, 0.6) is 0 Å². The summed E-state index contributed by atoms with van der Waals surface area (Å²) >= 11 is 0. The maximum atomic E-state index is 12.1. The molecule has 0 aliphatic rings. The molecular formula is C19H21N5O3. The number of aryl methyl sites for hydroxylation is 2. The summed E-state index contributed by atoms with van der Waals surface area (Å²) in [4.78, 5) is 34.2. The molecule has 1 amide bonds. The van der Waals surface area contributed by atoms with Gasteiger partial charge in [0.15, 0.2) is 5.82 Å². The van der Waals surface area contributed by atoms with Crippen LogP contribution in [0.4, 0.5) is 0 Å². The molecule has 2 heterocycles. The molecule has 0 unspecified atom stereocenters. The molecule has 27 heavy (non-hydrogen) atoms. The molecule has 0 saturated carbocycles. The van der Waals surface area contributed by atoms with E-state index in [2.05, 4.69) is 25.4 Å². The summed E-state index contributed by atoms with van der Waals surface area (Å²) in [5.74, 6) is 0.811. The lowest BCUT2D eigenvalue weighted by Gasteiger charge is -2.08. The zero-order chi connectivity index (χ0) is 19.2. The van der Waals surface area contributed by atoms with Crippen LogP contribution < -0.4 is 11.0 Å². The molecular weight excluding hydrogens is 346 g/mol. The van der Waals surface area contributed by atoms with Crippen molar-refractivity contribution in [2.75, 3.05) is 0 Å². The molecule has 0 aliphatic heterocycles. The van der Waals surface area contributed by atoms with E-state index < -0.39 is 0 Å². The van der Waals surface area contributed by atoms with Crippen LogP contribution in [0.3, 0.4) is 0 Å². The van der Waals surface area contributed by atoms with Crippen LogP contribution in [-0.2, 0) is 24.2 Å². The van der Waals surface area contributed by atoms with E-state index in [0.717, 1.165) is 16.8 Å². The first-order valence-corrected chi connectivity index (χ1v) is 8.69. The van der Waals surface area contributed by atoms with Crippen molar-refractivity contribution in [3.05, 3.63) is 75.0 Å². The van der Waals surface area contributed by atoms with E-state index in [1.165, 1.54) is 0 Å². The van der Waals surface area contributed by atoms with Crippen LogP contribution in [0.25, 0.3) is 0 Å². The Morgan fingerprint density at radius 2 is 1.96 bits per heavy atom. The van der Waals surface area contributed by atoms with Gasteiger partial charge in [0, 0.05) is 24.2 Å². The molecule has 8 heteroatoms. The second-order valence-electron chi connectivity index (χ2n) is 6.27. The molecule has 2 N–H and O–H groups in total. The Morgan fingerprint density at radius 1 is 1.19 bits per heavy atom. The fourth-order valence-corrected chi connectivity index (χ4v) is 2.84. The van der Waals surface area contributed by atoms with E-state index >= 15 is 0 Å². The molecule has 8 nitrogen and oxygen atoms in total. The highest BCUT2D eigenvalue weighted by Gasteiger charge is 2.11. The second kappa shape index (κ2) is 8.39. The average molecular weight is 367 g/mol. The number of hydrogen-bond acceptors (Lipinski definition) is 6. The second-order valence-corrected chi connectivity index (χ2v) is 6.27. The zero-order valence-electron chi connectivity index (χ0n) is 15.3. The Kier molecular flexibility index (Phi) is 5.75. The zero-order valence-corrected chi connectivity index (χ0v) is 15.3. The van der Waals surface area contributed by atoms with E-state index in [-0.39, 0.29) is 24.6 Å². The predicted octanol–water partition coefficient (Wildman–Crippen LogP) is 1.61. The van der Waals surface area contributed by atoms with Gasteiger partial charge in [0.2, 0.25) is 11.8 Å². The lowest BCUT2D eigenvalue weighted by atomic mass is 10.1. The SMILES string of the molecule is Cc1nc(=O)[nH]c(C)c1CCC(=O)NCc1nc(Cc2ccccc2)no1. The van der Waals surface area contributed by atoms with Crippen molar-refractivity contribution >= 4 is 5.91 Å². The summed E-state index contributed by atoms with van der Waals surface area (Å²) in [6, 6.07) is 9.85. The summed E-state index contributed by atoms with van der Waals surface area (Å²) < 4.78 is 5.18. The van der Waals surface area contributed by atoms with Gasteiger partial charge >= 0.3 is 5.69 Å². The Bertz CT molecular complexity index is 952. The van der Waals surface area contributed by atoms with Gasteiger partial charge in [-0.15, -0.1) is 0 Å². The maximum absolute atomic E-state index is 12.1. The Labute approximate surface area is 156 Å². The number of rotatable bonds is 7. The number of carbonyl (C=O) groups excluding carboxylic acids is 1. The van der Waals surface area contributed by atoms with E-state index in [0.29, 0.717) is 30.3 Å². The molecule has 0 bridgehead atoms. The fourth-order valence-electron chi connectivity index (χ4n) is 2.84. The number of carbonyl (C=O) groups is 1. The van der Waals surface area contributed by atoms with Gasteiger partial charge in [-0.3, -0.25) is 4.79 Å². The van der Waals surface area contributed by atoms with E-state index in [9.17, 15) is 9.59 Å². The first-order valence-electron chi connectivity index (χ1n) is 8.69. The highest BCUT2D eigenvalue weighted by Crippen LogP contribution is 2.10. The maximum Gasteiger partial charge on any atom is 0.345 e. The average Bonchev–Trinajstić information content (AvgIpc) is 3.07. The highest BCUT2D eigenvalue weighted by atomic mass is 16.5. The van der Waals surface area contributed by atoms with Gasteiger partial charge in [-0.2, -0.15) is 9.97 Å². The summed E-state index contributed by atoms with van der Waals surface area (Å²) in [7, 11) is 0. The number of nitrogens with zero attached hydrogens (tertiary/aromatic N) is 3. The van der Waals surface area contributed by atoms with Crippen LogP contribution in [0, 0.1) is 13.8 Å². The van der Waals surface area contributed by atoms with Crippen LogP contribution >= 0.6 is 0 Å². The first-order chi connectivity index (χ1) is 13.0. The number of H-pyrrole nitrogens is 1. The van der Waals surface area contributed by atoms with Crippen LogP contribution in [0.2, 0.25) is 0 Å². The largest absolute Gasteiger partial charge is 0.347 e. The van der Waals surface area contributed by atoms with Crippen molar-refractivity contribution in [1.82, 2.24) is 25.4 Å². The Morgan fingerprint density at radius 3 is 2.70 bits per heavy atom. The third-order valence-corrected chi connectivity index (χ3v) is 4.21. The number of benzene rings is 1. The van der Waals surface area contributed by atoms with E-state index in [4.69, 9.17) is 4.52 Å². The minimum Gasteiger partial charge on any atom is -0.347 e. The summed E-state index contributed by atoms with van der Waals surface area (Å²) in [6.07, 6.45) is 1.35. The quantitative estimate of drug-likeness (QED) is 0.656. The summed E-state index contributed by atoms with van der Waals surface area (Å²) in [6.45, 7) is 3.75. The molecule has 3 rings (SSSR count). The lowest BCUT2D eigenvalue weighted by Crippen LogP contribution is -2.24. The highest BCUT2D eigenvalue weighted by molar-refractivity contribution is 5.76. The number of nitrogens with one attached hydrogen (secondary N) is 2. The summed E-state index contributed by atoms with van der Waals surface area (Å²) in [5.41, 5.74) is 2.98. The normalized spacial score (nSPS) is 10.7. The van der Waals surface area contributed by atoms with Crippen molar-refractivity contribution < 1.29 is 9.32 Å². The van der Waals surface area contributed by atoms with Crippen molar-refractivity contribution in [2.45, 2.75) is 39.7 Å². The molecule has 0 radical (unpaired) electrons. The Hall–Kier alpha value is -3.29. The van der Waals surface area contributed by atoms with Crippen molar-refractivity contribution in [3.63, 3.8) is 0 Å². The molecule has 140 valence electrons. The predicted molar refractivity (Wildman–Crippen MR) is 98.0 cm³/mol. The number of aromatic nitrogens is 4. The topological polar surface area (TPSA) is 114 Å². The molecule has 0 saturated heterocycles. The smallest absolute Gasteiger partial charge is 0.345 e. The molecule has 2 aromatic heterocycles. The van der Waals surface area contributed by atoms with Crippen molar-refractivity contribution in [1.29, 1.82) is 0 Å². The van der Waals surface area contributed by atoms with Crippen LogP contribution in [-0.4, -0.2) is 26.0 Å². The standard InChI is InChI=1S/C19H21N5O3/c1-12-15(13(2)22-19(26)21-12)8-9-17(25)20-11-18-23-16(24-27-18)10-14-6-4-3-5-7-14/h3-7H,8-11H2,1-2H3,(H,20,25)(H,21,22,26). The van der Waals surface area contributed by atoms with Crippen molar-refractivity contribution in [2.24, 2.45) is 0 Å². The first kappa shape index (κ1) is 18.5. The molecule has 0 spiro atoms. The van der Waals surface area contributed by atoms with Gasteiger partial charge in [-0.25, -0.2) is 4.79 Å². The molecule has 0 aliphatic carbocycles. The molecule has 0 fully saturated rings. The monoisotopic (exact) mass is 367 g/mol. The van der Waals surface area contributed by atoms with Gasteiger partial charge < -0.3 is 14.8 Å². The van der Waals surface area contributed by atoms with Crippen LogP contribution in [0.1, 0.15) is 40.7 Å². The molecule has 0 atom stereocenters. The minimum absolute atomic E-state index is 0.136. The number of amides is 1. The van der Waals surface area contributed by atoms with Gasteiger partial charge in [0.05, 0.1) is 6.54 Å². The third kappa shape index (κ3) is 5.10. The third-order valence-electron chi connectivity index (χ3n) is 4.21. The van der Waals surface area contributed by atoms with Gasteiger partial charge in [0.1, 0.15) is 0 Å². The van der Waals surface area contributed by atoms with E-state index in [1.54, 1.807) is 13.8 Å². The van der Waals surface area contributed by atoms with Crippen LogP contribution in [0.15, 0.2) is 39.6 Å². The van der Waals surface area contributed by atoms with Gasteiger partial charge in [-0.1, -0.05) is 35.5 Å². The lowest BCUT2D eigenvalue weighted by molar-refractivity contribution is -0.121. The minimum atomic E-state index is -0.374. The fraction of sp³-hybridized carbons (Fsp3) is 0.316. The van der Waals surface area contributed by atoms with E-state index in [1.807, 2.05) is 30.3 Å². The summed E-state index contributed by atoms with van der Waals surface area (Å²) in [5, 5.41) is 6.70. The number of aromatic amines is 1. The Balaban J connectivity index is 1.49. The van der Waals surface area contributed by atoms with Gasteiger partial charge in [0.25, 0.3) is 0 Å². The van der Waals surface area contributed by atoms with Crippen molar-refractivity contribution in [3.8, 4) is 0 Å². The molecule has 1 aromatic carbocycles. The molecule has 3 aromatic rings.